The van der Waals surface area contributed by atoms with Gasteiger partial charge in [0.05, 0.1) is 10.6 Å². The molecule has 0 unspecified atom stereocenters. The number of nitrogens with zero attached hydrogens (tertiary/aromatic N) is 4. The minimum atomic E-state index is -3.61. The molecular formula is C23H27N5O3S2. The number of benzene rings is 2. The average molecular weight is 486 g/mol. The van der Waals surface area contributed by atoms with E-state index in [2.05, 4.69) is 15.5 Å². The van der Waals surface area contributed by atoms with Gasteiger partial charge >= 0.3 is 0 Å². The second-order valence-electron chi connectivity index (χ2n) is 7.72. The minimum absolute atomic E-state index is 0.0287. The third kappa shape index (κ3) is 5.29. The van der Waals surface area contributed by atoms with Crippen LogP contribution in [0.4, 0.5) is 0 Å². The summed E-state index contributed by atoms with van der Waals surface area (Å²) >= 11 is 1.31. The van der Waals surface area contributed by atoms with E-state index in [-0.39, 0.29) is 16.6 Å². The topological polar surface area (TPSA) is 97.2 Å². The van der Waals surface area contributed by atoms with E-state index in [4.69, 9.17) is 0 Å². The minimum Gasteiger partial charge on any atom is -0.353 e. The van der Waals surface area contributed by atoms with Gasteiger partial charge in [-0.3, -0.25) is 9.36 Å². The maximum absolute atomic E-state index is 13.0. The maximum Gasteiger partial charge on any atom is 0.243 e. The molecule has 10 heteroatoms. The van der Waals surface area contributed by atoms with E-state index >= 15 is 0 Å². The van der Waals surface area contributed by atoms with E-state index in [9.17, 15) is 13.2 Å². The van der Waals surface area contributed by atoms with Crippen LogP contribution in [0.3, 0.4) is 0 Å². The third-order valence-corrected chi connectivity index (χ3v) is 8.33. The van der Waals surface area contributed by atoms with Gasteiger partial charge in [-0.05, 0) is 37.1 Å². The second-order valence-corrected chi connectivity index (χ2v) is 10.6. The summed E-state index contributed by atoms with van der Waals surface area (Å²) in [5.41, 5.74) is 1.47. The summed E-state index contributed by atoms with van der Waals surface area (Å²) in [7, 11) is -3.61. The van der Waals surface area contributed by atoms with E-state index in [0.29, 0.717) is 35.7 Å². The monoisotopic (exact) mass is 485 g/mol. The normalized spacial score (nSPS) is 13.9. The molecule has 1 aliphatic rings. The van der Waals surface area contributed by atoms with Crippen LogP contribution in [0.5, 0.6) is 0 Å². The lowest BCUT2D eigenvalue weighted by Gasteiger charge is -2.19. The third-order valence-electron chi connectivity index (χ3n) is 5.36. The molecule has 8 nitrogen and oxygen atoms in total. The highest BCUT2D eigenvalue weighted by Gasteiger charge is 2.25. The average Bonchev–Trinajstić information content (AvgIpc) is 3.54. The molecule has 1 aliphatic carbocycles. The number of aromatic nitrogens is 3. The number of nitrogens with one attached hydrogen (secondary N) is 1. The molecule has 0 saturated heterocycles. The molecule has 0 aliphatic heterocycles. The van der Waals surface area contributed by atoms with E-state index in [1.807, 2.05) is 54.8 Å². The Labute approximate surface area is 198 Å². The first-order valence-corrected chi connectivity index (χ1v) is 13.4. The number of carbonyl (C=O) groups excluding carboxylic acids is 1. The first-order valence-electron chi connectivity index (χ1n) is 11.0. The Morgan fingerprint density at radius 1 is 1.09 bits per heavy atom. The van der Waals surface area contributed by atoms with Crippen molar-refractivity contribution >= 4 is 27.7 Å². The smallest absolute Gasteiger partial charge is 0.243 e. The fourth-order valence-corrected chi connectivity index (χ4v) is 5.76. The highest BCUT2D eigenvalue weighted by molar-refractivity contribution is 7.99. The van der Waals surface area contributed by atoms with Gasteiger partial charge in [0.1, 0.15) is 0 Å². The number of sulfonamides is 1. The fourth-order valence-electron chi connectivity index (χ4n) is 3.50. The van der Waals surface area contributed by atoms with Gasteiger partial charge in [-0.2, -0.15) is 4.31 Å². The zero-order valence-electron chi connectivity index (χ0n) is 18.6. The highest BCUT2D eigenvalue weighted by Crippen LogP contribution is 2.30. The fraction of sp³-hybridized carbons (Fsp3) is 0.348. The molecule has 0 bridgehead atoms. The van der Waals surface area contributed by atoms with Gasteiger partial charge < -0.3 is 5.32 Å². The lowest BCUT2D eigenvalue weighted by Crippen LogP contribution is -2.30. The van der Waals surface area contributed by atoms with Crippen LogP contribution in [-0.4, -0.2) is 58.3 Å². The first-order chi connectivity index (χ1) is 15.9. The summed E-state index contributed by atoms with van der Waals surface area (Å²) in [5.74, 6) is 0.722. The van der Waals surface area contributed by atoms with Crippen molar-refractivity contribution < 1.29 is 13.2 Å². The molecule has 33 heavy (non-hydrogen) atoms. The van der Waals surface area contributed by atoms with Gasteiger partial charge in [-0.1, -0.05) is 55.9 Å². The molecule has 1 heterocycles. The van der Waals surface area contributed by atoms with E-state index in [1.54, 1.807) is 18.2 Å². The summed E-state index contributed by atoms with van der Waals surface area (Å²) < 4.78 is 29.4. The lowest BCUT2D eigenvalue weighted by molar-refractivity contribution is -0.118. The van der Waals surface area contributed by atoms with Crippen molar-refractivity contribution in [2.24, 2.45) is 0 Å². The number of hydrogen-bond donors (Lipinski definition) is 1. The molecule has 0 radical (unpaired) electrons. The maximum atomic E-state index is 13.0. The van der Waals surface area contributed by atoms with Crippen LogP contribution < -0.4 is 5.32 Å². The SMILES string of the molecule is CCN(CC)S(=O)(=O)c1cccc(-c2nnc(SCC(=O)NC3CC3)n2-c2ccccc2)c1. The predicted octanol–water partition coefficient (Wildman–Crippen LogP) is 3.34. The van der Waals surface area contributed by atoms with Gasteiger partial charge in [0.25, 0.3) is 0 Å². The summed E-state index contributed by atoms with van der Waals surface area (Å²) in [5, 5.41) is 12.3. The van der Waals surface area contributed by atoms with Gasteiger partial charge in [-0.15, -0.1) is 10.2 Å². The Balaban J connectivity index is 1.70. The molecule has 0 spiro atoms. The van der Waals surface area contributed by atoms with Gasteiger partial charge in [0.15, 0.2) is 11.0 Å². The van der Waals surface area contributed by atoms with Crippen molar-refractivity contribution in [2.75, 3.05) is 18.8 Å². The van der Waals surface area contributed by atoms with Gasteiger partial charge in [0, 0.05) is 30.4 Å². The Bertz CT molecular complexity index is 1220. The Morgan fingerprint density at radius 3 is 2.48 bits per heavy atom. The summed E-state index contributed by atoms with van der Waals surface area (Å²) in [6, 6.07) is 16.7. The van der Waals surface area contributed by atoms with Crippen molar-refractivity contribution in [1.82, 2.24) is 24.4 Å². The van der Waals surface area contributed by atoms with Crippen LogP contribution >= 0.6 is 11.8 Å². The largest absolute Gasteiger partial charge is 0.353 e. The quantitative estimate of drug-likeness (QED) is 0.443. The molecular weight excluding hydrogens is 458 g/mol. The number of carbonyl (C=O) groups is 1. The molecule has 1 N–H and O–H groups in total. The van der Waals surface area contributed by atoms with Crippen molar-refractivity contribution in [3.05, 3.63) is 54.6 Å². The Kier molecular flexibility index (Phi) is 7.16. The first kappa shape index (κ1) is 23.5. The van der Waals surface area contributed by atoms with Crippen LogP contribution in [0.25, 0.3) is 17.1 Å². The number of para-hydroxylation sites is 1. The summed E-state index contributed by atoms with van der Waals surface area (Å²) in [4.78, 5) is 12.4. The zero-order chi connectivity index (χ0) is 23.4. The zero-order valence-corrected chi connectivity index (χ0v) is 20.3. The summed E-state index contributed by atoms with van der Waals surface area (Å²) in [6.45, 7) is 4.43. The number of amides is 1. The molecule has 2 aromatic carbocycles. The lowest BCUT2D eigenvalue weighted by atomic mass is 10.2. The molecule has 1 aromatic heterocycles. The van der Waals surface area contributed by atoms with Gasteiger partial charge in [0.2, 0.25) is 15.9 Å². The Morgan fingerprint density at radius 2 is 1.82 bits per heavy atom. The van der Waals surface area contributed by atoms with E-state index in [1.165, 1.54) is 16.1 Å². The number of thioether (sulfide) groups is 1. The summed E-state index contributed by atoms with van der Waals surface area (Å²) in [6.07, 6.45) is 2.07. The highest BCUT2D eigenvalue weighted by atomic mass is 32.2. The number of hydrogen-bond acceptors (Lipinski definition) is 6. The molecule has 3 aromatic rings. The van der Waals surface area contributed by atoms with Crippen LogP contribution in [0.1, 0.15) is 26.7 Å². The molecule has 174 valence electrons. The van der Waals surface area contributed by atoms with E-state index in [0.717, 1.165) is 18.5 Å². The van der Waals surface area contributed by atoms with Crippen molar-refractivity contribution in [2.45, 2.75) is 42.8 Å². The van der Waals surface area contributed by atoms with Crippen molar-refractivity contribution in [3.63, 3.8) is 0 Å². The molecule has 0 atom stereocenters. The van der Waals surface area contributed by atoms with Crippen molar-refractivity contribution in [3.8, 4) is 17.1 Å². The molecule has 1 amide bonds. The van der Waals surface area contributed by atoms with Gasteiger partial charge in [-0.25, -0.2) is 8.42 Å². The molecule has 4 rings (SSSR count). The van der Waals surface area contributed by atoms with E-state index < -0.39 is 10.0 Å². The predicted molar refractivity (Wildman–Crippen MR) is 129 cm³/mol. The van der Waals surface area contributed by atoms with Crippen molar-refractivity contribution in [1.29, 1.82) is 0 Å². The second kappa shape index (κ2) is 10.1. The molecule has 1 fully saturated rings. The van der Waals surface area contributed by atoms with Crippen LogP contribution in [0, 0.1) is 0 Å². The number of rotatable bonds is 10. The standard InChI is InChI=1S/C23H27N5O3S2/c1-3-27(4-2)33(30,31)20-12-8-9-17(15-20)22-25-26-23(28(22)19-10-6-5-7-11-19)32-16-21(29)24-18-13-14-18/h5-12,15,18H,3-4,13-14,16H2,1-2H3,(H,24,29). The van der Waals surface area contributed by atoms with Crippen LogP contribution in [0.2, 0.25) is 0 Å². The van der Waals surface area contributed by atoms with Crippen LogP contribution in [-0.2, 0) is 14.8 Å². The molecule has 1 saturated carbocycles. The van der Waals surface area contributed by atoms with Crippen LogP contribution in [0.15, 0.2) is 64.6 Å². The Hall–Kier alpha value is -2.69.